The van der Waals surface area contributed by atoms with Crippen molar-refractivity contribution in [2.24, 2.45) is 0 Å². The van der Waals surface area contributed by atoms with Gasteiger partial charge in [-0.3, -0.25) is 9.97 Å². The van der Waals surface area contributed by atoms with E-state index in [2.05, 4.69) is 45.1 Å². The second-order valence-electron chi connectivity index (χ2n) is 13.7. The maximum atomic E-state index is 14.3. The number of anilines is 6. The highest BCUT2D eigenvalue weighted by Gasteiger charge is 2.45. The number of hydrogen-bond acceptors (Lipinski definition) is 5. The molecule has 5 nitrogen and oxygen atoms in total. The van der Waals surface area contributed by atoms with Crippen LogP contribution in [0.5, 0.6) is 5.75 Å². The minimum absolute atomic E-state index is 0.298. The first-order chi connectivity index (χ1) is 27.4. The van der Waals surface area contributed by atoms with Crippen molar-refractivity contribution in [1.29, 1.82) is 0 Å². The molecule has 2 aliphatic heterocycles. The van der Waals surface area contributed by atoms with Gasteiger partial charge >= 0.3 is 6.36 Å². The van der Waals surface area contributed by atoms with Crippen LogP contribution in [-0.2, 0) is 0 Å². The molecule has 0 amide bonds. The van der Waals surface area contributed by atoms with Gasteiger partial charge in [-0.25, -0.2) is 0 Å². The van der Waals surface area contributed by atoms with Gasteiger partial charge in [0, 0.05) is 58.4 Å². The standard InChI is InChI=1S/C47H30BF3N4O/c49-47(50,51)56-33-29-44-46-45(30-33)55(41-22-9-5-17-35(41)39-28-32(25-27-53-39)31-14-2-1-3-15-31)43-24-11-7-19-37(43)48(46)36-18-6-10-23-42(36)54(44)40-21-8-4-16-34(40)38-20-12-13-26-52-38/h1-30H. The highest BCUT2D eigenvalue weighted by molar-refractivity contribution is 7.00. The number of halogens is 3. The van der Waals surface area contributed by atoms with Crippen LogP contribution in [0, 0.1) is 0 Å². The fourth-order valence-corrected chi connectivity index (χ4v) is 8.26. The maximum Gasteiger partial charge on any atom is 0.573 e. The largest absolute Gasteiger partial charge is 0.573 e. The van der Waals surface area contributed by atoms with Crippen molar-refractivity contribution < 1.29 is 17.9 Å². The van der Waals surface area contributed by atoms with Crippen molar-refractivity contribution in [3.8, 4) is 39.4 Å². The van der Waals surface area contributed by atoms with Crippen LogP contribution < -0.4 is 30.9 Å². The molecule has 0 bridgehead atoms. The molecule has 0 atom stereocenters. The van der Waals surface area contributed by atoms with Gasteiger partial charge in [-0.15, -0.1) is 13.2 Å². The number of ether oxygens (including phenoxy) is 1. The molecule has 9 heteroatoms. The molecule has 10 rings (SSSR count). The molecule has 268 valence electrons. The van der Waals surface area contributed by atoms with E-state index in [9.17, 15) is 13.2 Å². The van der Waals surface area contributed by atoms with E-state index in [1.807, 2.05) is 127 Å². The number of fused-ring (bicyclic) bond motifs is 4. The minimum Gasteiger partial charge on any atom is -0.406 e. The fourth-order valence-electron chi connectivity index (χ4n) is 8.26. The van der Waals surface area contributed by atoms with Crippen molar-refractivity contribution in [3.05, 3.63) is 182 Å². The Morgan fingerprint density at radius 2 is 0.964 bits per heavy atom. The van der Waals surface area contributed by atoms with Crippen molar-refractivity contribution in [2.75, 3.05) is 9.80 Å². The van der Waals surface area contributed by atoms with Gasteiger partial charge in [0.15, 0.2) is 0 Å². The van der Waals surface area contributed by atoms with Gasteiger partial charge < -0.3 is 14.5 Å². The smallest absolute Gasteiger partial charge is 0.406 e. The average molecular weight is 735 g/mol. The summed E-state index contributed by atoms with van der Waals surface area (Å²) in [5.74, 6) is -0.323. The lowest BCUT2D eigenvalue weighted by Crippen LogP contribution is -2.61. The minimum atomic E-state index is -4.93. The molecular formula is C47H30BF3N4O. The van der Waals surface area contributed by atoms with Gasteiger partial charge in [0.1, 0.15) is 5.75 Å². The highest BCUT2D eigenvalue weighted by Crippen LogP contribution is 2.49. The zero-order valence-corrected chi connectivity index (χ0v) is 29.7. The second-order valence-corrected chi connectivity index (χ2v) is 13.7. The van der Waals surface area contributed by atoms with Crippen LogP contribution in [0.2, 0.25) is 0 Å². The van der Waals surface area contributed by atoms with Gasteiger partial charge in [0.05, 0.1) is 22.8 Å². The van der Waals surface area contributed by atoms with Gasteiger partial charge in [-0.1, -0.05) is 109 Å². The molecule has 0 saturated heterocycles. The summed E-state index contributed by atoms with van der Waals surface area (Å²) in [7, 11) is 0. The molecular weight excluding hydrogens is 704 g/mol. The van der Waals surface area contributed by atoms with Crippen LogP contribution in [0.3, 0.4) is 0 Å². The summed E-state index contributed by atoms with van der Waals surface area (Å²) in [4.78, 5) is 13.6. The van der Waals surface area contributed by atoms with E-state index in [0.717, 1.165) is 72.8 Å². The van der Waals surface area contributed by atoms with E-state index in [4.69, 9.17) is 9.72 Å². The molecule has 0 saturated carbocycles. The topological polar surface area (TPSA) is 41.5 Å². The summed E-state index contributed by atoms with van der Waals surface area (Å²) in [6.07, 6.45) is -1.40. The van der Waals surface area contributed by atoms with E-state index < -0.39 is 6.36 Å². The second kappa shape index (κ2) is 13.3. The Hall–Kier alpha value is -7.13. The highest BCUT2D eigenvalue weighted by atomic mass is 19.4. The summed E-state index contributed by atoms with van der Waals surface area (Å²) in [5, 5.41) is 0. The van der Waals surface area contributed by atoms with Gasteiger partial charge in [-0.05, 0) is 76.0 Å². The molecule has 0 spiro atoms. The third kappa shape index (κ3) is 5.67. The average Bonchev–Trinajstić information content (AvgIpc) is 3.24. The Morgan fingerprint density at radius 3 is 1.55 bits per heavy atom. The van der Waals surface area contributed by atoms with Crippen molar-refractivity contribution in [1.82, 2.24) is 9.97 Å². The van der Waals surface area contributed by atoms with E-state index in [-0.39, 0.29) is 12.5 Å². The van der Waals surface area contributed by atoms with Crippen molar-refractivity contribution >= 4 is 57.2 Å². The molecule has 0 fully saturated rings. The summed E-state index contributed by atoms with van der Waals surface area (Å²) < 4.78 is 47.7. The van der Waals surface area contributed by atoms with E-state index in [0.29, 0.717) is 11.4 Å². The number of alkyl halides is 3. The van der Waals surface area contributed by atoms with Gasteiger partial charge in [-0.2, -0.15) is 0 Å². The van der Waals surface area contributed by atoms with E-state index >= 15 is 0 Å². The monoisotopic (exact) mass is 734 g/mol. The number of para-hydroxylation sites is 4. The number of rotatable bonds is 6. The number of nitrogens with zero attached hydrogens (tertiary/aromatic N) is 4. The van der Waals surface area contributed by atoms with E-state index in [1.54, 1.807) is 12.4 Å². The Balaban J connectivity index is 1.26. The lowest BCUT2D eigenvalue weighted by molar-refractivity contribution is -0.274. The Bertz CT molecular complexity index is 2760. The van der Waals surface area contributed by atoms with Crippen LogP contribution in [0.15, 0.2) is 182 Å². The number of hydrogen-bond donors (Lipinski definition) is 0. The molecule has 4 heterocycles. The first-order valence-electron chi connectivity index (χ1n) is 18.3. The summed E-state index contributed by atoms with van der Waals surface area (Å²) >= 11 is 0. The predicted octanol–water partition coefficient (Wildman–Crippen LogP) is 10.5. The Morgan fingerprint density at radius 1 is 0.446 bits per heavy atom. The lowest BCUT2D eigenvalue weighted by Gasteiger charge is -2.44. The maximum absolute atomic E-state index is 14.3. The molecule has 6 aromatic carbocycles. The lowest BCUT2D eigenvalue weighted by atomic mass is 9.33. The first kappa shape index (κ1) is 33.4. The Kier molecular flexibility index (Phi) is 7.95. The molecule has 0 radical (unpaired) electrons. The summed E-state index contributed by atoms with van der Waals surface area (Å²) in [6.45, 7) is -0.298. The van der Waals surface area contributed by atoms with Crippen LogP contribution in [-0.4, -0.2) is 23.0 Å². The zero-order valence-electron chi connectivity index (χ0n) is 29.7. The molecule has 0 N–H and O–H groups in total. The zero-order chi connectivity index (χ0) is 37.8. The quantitative estimate of drug-likeness (QED) is 0.159. The van der Waals surface area contributed by atoms with Crippen LogP contribution in [0.4, 0.5) is 47.3 Å². The van der Waals surface area contributed by atoms with Gasteiger partial charge in [0.2, 0.25) is 0 Å². The number of benzene rings is 6. The fraction of sp³-hybridized carbons (Fsp3) is 0.0213. The summed E-state index contributed by atoms with van der Waals surface area (Å²) in [5.41, 5.74) is 12.5. The van der Waals surface area contributed by atoms with Crippen LogP contribution in [0.25, 0.3) is 33.6 Å². The van der Waals surface area contributed by atoms with Crippen molar-refractivity contribution in [3.63, 3.8) is 0 Å². The Labute approximate surface area is 322 Å². The molecule has 56 heavy (non-hydrogen) atoms. The first-order valence-corrected chi connectivity index (χ1v) is 18.3. The molecule has 0 aliphatic carbocycles. The van der Waals surface area contributed by atoms with Crippen LogP contribution in [0.1, 0.15) is 0 Å². The van der Waals surface area contributed by atoms with E-state index in [1.165, 1.54) is 12.1 Å². The molecule has 2 aromatic heterocycles. The molecule has 8 aromatic rings. The third-order valence-electron chi connectivity index (χ3n) is 10.5. The summed E-state index contributed by atoms with van der Waals surface area (Å²) in [6, 6.07) is 54.9. The number of aromatic nitrogens is 2. The van der Waals surface area contributed by atoms with Crippen LogP contribution >= 0.6 is 0 Å². The SMILES string of the molecule is FC(F)(F)Oc1cc2c3c(c1)N(c1ccccc1-c1cc(-c4ccccc4)ccn1)c1ccccc1B3c1ccccc1N2c1ccccc1-c1ccccn1. The van der Waals surface area contributed by atoms with Gasteiger partial charge in [0.25, 0.3) is 6.71 Å². The third-order valence-corrected chi connectivity index (χ3v) is 10.5. The number of pyridine rings is 2. The van der Waals surface area contributed by atoms with Crippen molar-refractivity contribution in [2.45, 2.75) is 6.36 Å². The molecule has 0 unspecified atom stereocenters. The normalized spacial score (nSPS) is 12.8. The molecule has 2 aliphatic rings. The predicted molar refractivity (Wildman–Crippen MR) is 219 cm³/mol.